The van der Waals surface area contributed by atoms with Crippen molar-refractivity contribution >= 4 is 23.2 Å². The van der Waals surface area contributed by atoms with Crippen LogP contribution in [-0.2, 0) is 0 Å². The Morgan fingerprint density at radius 2 is 1.48 bits per heavy atom. The van der Waals surface area contributed by atoms with Crippen LogP contribution in [0, 0.1) is 13.8 Å². The van der Waals surface area contributed by atoms with Gasteiger partial charge in [-0.1, -0.05) is 30.3 Å². The number of carbonyl (C=O) groups is 2. The summed E-state index contributed by atoms with van der Waals surface area (Å²) in [4.78, 5) is 25.3. The SMILES string of the molecule is CCOc1cc(C)ccc1NC(=O)c1ccc(C)c(NC(=O)c2ccccc2)c1. The van der Waals surface area contributed by atoms with Gasteiger partial charge >= 0.3 is 0 Å². The molecule has 3 rings (SSSR count). The first-order chi connectivity index (χ1) is 14.0. The Morgan fingerprint density at radius 3 is 2.21 bits per heavy atom. The van der Waals surface area contributed by atoms with Gasteiger partial charge in [0.25, 0.3) is 11.8 Å². The molecule has 148 valence electrons. The van der Waals surface area contributed by atoms with E-state index in [0.717, 1.165) is 11.1 Å². The molecule has 0 saturated heterocycles. The smallest absolute Gasteiger partial charge is 0.255 e. The summed E-state index contributed by atoms with van der Waals surface area (Å²) in [6.45, 7) is 6.26. The first-order valence-corrected chi connectivity index (χ1v) is 9.49. The van der Waals surface area contributed by atoms with E-state index in [4.69, 9.17) is 4.74 Å². The number of hydrogen-bond acceptors (Lipinski definition) is 3. The molecule has 0 saturated carbocycles. The molecule has 5 heteroatoms. The number of amides is 2. The number of nitrogens with one attached hydrogen (secondary N) is 2. The fraction of sp³-hybridized carbons (Fsp3) is 0.167. The van der Waals surface area contributed by atoms with Crippen LogP contribution < -0.4 is 15.4 Å². The second kappa shape index (κ2) is 9.06. The van der Waals surface area contributed by atoms with Gasteiger partial charge in [0.05, 0.1) is 12.3 Å². The van der Waals surface area contributed by atoms with E-state index in [0.29, 0.717) is 34.9 Å². The molecule has 0 unspecified atom stereocenters. The molecule has 2 amide bonds. The molecule has 3 aromatic rings. The van der Waals surface area contributed by atoms with Gasteiger partial charge in [0.15, 0.2) is 0 Å². The topological polar surface area (TPSA) is 67.4 Å². The highest BCUT2D eigenvalue weighted by Gasteiger charge is 2.13. The van der Waals surface area contributed by atoms with Gasteiger partial charge in [0, 0.05) is 16.8 Å². The van der Waals surface area contributed by atoms with Gasteiger partial charge in [-0.2, -0.15) is 0 Å². The summed E-state index contributed by atoms with van der Waals surface area (Å²) in [5.74, 6) is 0.138. The highest BCUT2D eigenvalue weighted by molar-refractivity contribution is 6.08. The Hall–Kier alpha value is -3.60. The highest BCUT2D eigenvalue weighted by atomic mass is 16.5. The van der Waals surface area contributed by atoms with Crippen molar-refractivity contribution in [2.24, 2.45) is 0 Å². The Balaban J connectivity index is 1.80. The van der Waals surface area contributed by atoms with Crippen LogP contribution in [0.25, 0.3) is 0 Å². The molecule has 0 spiro atoms. The van der Waals surface area contributed by atoms with Crippen molar-refractivity contribution in [3.63, 3.8) is 0 Å². The molecule has 0 radical (unpaired) electrons. The predicted octanol–water partition coefficient (Wildman–Crippen LogP) is 5.21. The number of carbonyl (C=O) groups excluding carboxylic acids is 2. The normalized spacial score (nSPS) is 10.3. The highest BCUT2D eigenvalue weighted by Crippen LogP contribution is 2.27. The molecule has 0 aromatic heterocycles. The van der Waals surface area contributed by atoms with Crippen LogP contribution in [0.3, 0.4) is 0 Å². The molecule has 0 bridgehead atoms. The second-order valence-corrected chi connectivity index (χ2v) is 6.74. The Labute approximate surface area is 170 Å². The maximum Gasteiger partial charge on any atom is 0.255 e. The second-order valence-electron chi connectivity index (χ2n) is 6.74. The number of aryl methyl sites for hydroxylation is 2. The lowest BCUT2D eigenvalue weighted by Crippen LogP contribution is -2.16. The lowest BCUT2D eigenvalue weighted by molar-refractivity contribution is 0.101. The zero-order valence-corrected chi connectivity index (χ0v) is 16.8. The summed E-state index contributed by atoms with van der Waals surface area (Å²) in [7, 11) is 0. The van der Waals surface area contributed by atoms with Gasteiger partial charge in [-0.05, 0) is 68.3 Å². The van der Waals surface area contributed by atoms with Crippen molar-refractivity contribution in [1.82, 2.24) is 0 Å². The van der Waals surface area contributed by atoms with E-state index in [-0.39, 0.29) is 11.8 Å². The molecule has 2 N–H and O–H groups in total. The van der Waals surface area contributed by atoms with E-state index in [1.165, 1.54) is 0 Å². The van der Waals surface area contributed by atoms with Crippen LogP contribution in [-0.4, -0.2) is 18.4 Å². The van der Waals surface area contributed by atoms with Gasteiger partial charge in [0.1, 0.15) is 5.75 Å². The van der Waals surface area contributed by atoms with Crippen molar-refractivity contribution in [2.75, 3.05) is 17.2 Å². The summed E-state index contributed by atoms with van der Waals surface area (Å²) in [5, 5.41) is 5.78. The van der Waals surface area contributed by atoms with Gasteiger partial charge in [0.2, 0.25) is 0 Å². The minimum Gasteiger partial charge on any atom is -0.492 e. The fourth-order valence-electron chi connectivity index (χ4n) is 2.88. The van der Waals surface area contributed by atoms with Crippen LogP contribution in [0.1, 0.15) is 38.8 Å². The van der Waals surface area contributed by atoms with Crippen molar-refractivity contribution in [1.29, 1.82) is 0 Å². The standard InChI is InChI=1S/C24H24N2O3/c1-4-29-22-14-16(2)10-13-20(22)25-24(28)19-12-11-17(3)21(15-19)26-23(27)18-8-6-5-7-9-18/h5-15H,4H2,1-3H3,(H,25,28)(H,26,27). The summed E-state index contributed by atoms with van der Waals surface area (Å²) >= 11 is 0. The van der Waals surface area contributed by atoms with Crippen molar-refractivity contribution in [2.45, 2.75) is 20.8 Å². The van der Waals surface area contributed by atoms with E-state index >= 15 is 0 Å². The van der Waals surface area contributed by atoms with Crippen LogP contribution in [0.2, 0.25) is 0 Å². The molecule has 3 aromatic carbocycles. The van der Waals surface area contributed by atoms with Crippen molar-refractivity contribution in [3.05, 3.63) is 89.0 Å². The van der Waals surface area contributed by atoms with Gasteiger partial charge in [-0.3, -0.25) is 9.59 Å². The Kier molecular flexibility index (Phi) is 6.29. The first kappa shape index (κ1) is 20.1. The molecule has 29 heavy (non-hydrogen) atoms. The molecule has 5 nitrogen and oxygen atoms in total. The zero-order valence-electron chi connectivity index (χ0n) is 16.8. The third kappa shape index (κ3) is 5.02. The average Bonchev–Trinajstić information content (AvgIpc) is 2.72. The van der Waals surface area contributed by atoms with Crippen LogP contribution >= 0.6 is 0 Å². The summed E-state index contributed by atoms with van der Waals surface area (Å²) in [6.07, 6.45) is 0. The molecule has 0 atom stereocenters. The van der Waals surface area contributed by atoms with Crippen molar-refractivity contribution in [3.8, 4) is 5.75 Å². The fourth-order valence-corrected chi connectivity index (χ4v) is 2.88. The van der Waals surface area contributed by atoms with Gasteiger partial charge in [-0.25, -0.2) is 0 Å². The summed E-state index contributed by atoms with van der Waals surface area (Å²) < 4.78 is 5.63. The van der Waals surface area contributed by atoms with E-state index < -0.39 is 0 Å². The maximum absolute atomic E-state index is 12.8. The first-order valence-electron chi connectivity index (χ1n) is 9.49. The Morgan fingerprint density at radius 1 is 0.793 bits per heavy atom. The molecule has 0 aliphatic carbocycles. The minimum absolute atomic E-state index is 0.219. The number of hydrogen-bond donors (Lipinski definition) is 2. The van der Waals surface area contributed by atoms with E-state index in [1.54, 1.807) is 24.3 Å². The third-order valence-electron chi connectivity index (χ3n) is 4.47. The lowest BCUT2D eigenvalue weighted by atomic mass is 10.1. The molecule has 0 heterocycles. The quantitative estimate of drug-likeness (QED) is 0.609. The van der Waals surface area contributed by atoms with Crippen molar-refractivity contribution < 1.29 is 14.3 Å². The molecule has 0 fully saturated rings. The average molecular weight is 388 g/mol. The Bertz CT molecular complexity index is 1030. The predicted molar refractivity (Wildman–Crippen MR) is 116 cm³/mol. The van der Waals surface area contributed by atoms with Gasteiger partial charge in [-0.15, -0.1) is 0 Å². The number of rotatable bonds is 6. The monoisotopic (exact) mass is 388 g/mol. The van der Waals surface area contributed by atoms with Crippen LogP contribution in [0.4, 0.5) is 11.4 Å². The zero-order chi connectivity index (χ0) is 20.8. The number of benzene rings is 3. The number of ether oxygens (including phenoxy) is 1. The summed E-state index contributed by atoms with van der Waals surface area (Å²) in [6, 6.07) is 19.8. The largest absolute Gasteiger partial charge is 0.492 e. The molecular weight excluding hydrogens is 364 g/mol. The van der Waals surface area contributed by atoms with E-state index in [2.05, 4.69) is 10.6 Å². The van der Waals surface area contributed by atoms with Crippen LogP contribution in [0.5, 0.6) is 5.75 Å². The molecule has 0 aliphatic rings. The maximum atomic E-state index is 12.8. The van der Waals surface area contributed by atoms with E-state index in [1.807, 2.05) is 63.2 Å². The van der Waals surface area contributed by atoms with Gasteiger partial charge < -0.3 is 15.4 Å². The van der Waals surface area contributed by atoms with Crippen LogP contribution in [0.15, 0.2) is 66.7 Å². The summed E-state index contributed by atoms with van der Waals surface area (Å²) in [5.41, 5.74) is 4.13. The molecule has 0 aliphatic heterocycles. The minimum atomic E-state index is -0.273. The van der Waals surface area contributed by atoms with E-state index in [9.17, 15) is 9.59 Å². The lowest BCUT2D eigenvalue weighted by Gasteiger charge is -2.14. The third-order valence-corrected chi connectivity index (χ3v) is 4.47. The number of anilines is 2. The molecular formula is C24H24N2O3.